The number of nitrogens with two attached hydrogens (primary N) is 1. The van der Waals surface area contributed by atoms with Crippen LogP contribution in [0.1, 0.15) is 11.4 Å². The Morgan fingerprint density at radius 3 is 2.59 bits per heavy atom. The Morgan fingerprint density at radius 1 is 1.18 bits per heavy atom. The molecule has 0 fully saturated rings. The lowest BCUT2D eigenvalue weighted by Gasteiger charge is -2.06. The van der Waals surface area contributed by atoms with Gasteiger partial charge in [-0.15, -0.1) is 0 Å². The summed E-state index contributed by atoms with van der Waals surface area (Å²) in [5.41, 5.74) is 7.77. The van der Waals surface area contributed by atoms with Crippen LogP contribution in [-0.4, -0.2) is 16.5 Å². The van der Waals surface area contributed by atoms with Crippen LogP contribution < -0.4 is 11.1 Å². The van der Waals surface area contributed by atoms with Gasteiger partial charge in [-0.05, 0) is 43.7 Å². The molecule has 0 spiro atoms. The first-order valence-electron chi connectivity index (χ1n) is 5.63. The second kappa shape index (κ2) is 5.41. The zero-order chi connectivity index (χ0) is 12.1. The second-order valence-corrected chi connectivity index (χ2v) is 3.85. The fraction of sp³-hybridized carbons (Fsp3) is 0.231. The molecule has 0 saturated carbocycles. The summed E-state index contributed by atoms with van der Waals surface area (Å²) < 4.78 is 0. The summed E-state index contributed by atoms with van der Waals surface area (Å²) in [6.45, 7) is 2.55. The number of hydrogen-bond acceptors (Lipinski definition) is 4. The van der Waals surface area contributed by atoms with Crippen molar-refractivity contribution in [3.63, 3.8) is 0 Å². The van der Waals surface area contributed by atoms with Crippen molar-refractivity contribution >= 4 is 11.5 Å². The zero-order valence-electron chi connectivity index (χ0n) is 9.85. The predicted molar refractivity (Wildman–Crippen MR) is 69.3 cm³/mol. The lowest BCUT2D eigenvalue weighted by atomic mass is 10.1. The van der Waals surface area contributed by atoms with Crippen molar-refractivity contribution in [2.45, 2.75) is 13.3 Å². The maximum Gasteiger partial charge on any atom is 0.134 e. The molecule has 0 saturated heterocycles. The van der Waals surface area contributed by atoms with Crippen LogP contribution in [-0.2, 0) is 6.42 Å². The van der Waals surface area contributed by atoms with Crippen LogP contribution in [0.15, 0.2) is 36.5 Å². The highest BCUT2D eigenvalue weighted by molar-refractivity contribution is 5.56. The molecule has 0 aliphatic rings. The molecule has 0 bridgehead atoms. The van der Waals surface area contributed by atoms with Crippen molar-refractivity contribution in [3.8, 4) is 0 Å². The Bertz CT molecular complexity index is 479. The highest BCUT2D eigenvalue weighted by atomic mass is 15.0. The van der Waals surface area contributed by atoms with Gasteiger partial charge in [0.2, 0.25) is 0 Å². The third-order valence-corrected chi connectivity index (χ3v) is 2.44. The van der Waals surface area contributed by atoms with Gasteiger partial charge in [0.1, 0.15) is 11.6 Å². The number of nitrogens with one attached hydrogen (secondary N) is 1. The average molecular weight is 228 g/mol. The molecule has 3 N–H and O–H groups in total. The SMILES string of the molecule is Cc1nccc(Nc2ccc(CCN)cc2)n1. The molecule has 1 aromatic heterocycles. The summed E-state index contributed by atoms with van der Waals surface area (Å²) in [4.78, 5) is 8.34. The monoisotopic (exact) mass is 228 g/mol. The standard InChI is InChI=1S/C13H16N4/c1-10-15-9-7-13(16-10)17-12-4-2-11(3-5-12)6-8-14/h2-5,7,9H,6,8,14H2,1H3,(H,15,16,17). The highest BCUT2D eigenvalue weighted by Crippen LogP contribution is 2.15. The van der Waals surface area contributed by atoms with Crippen LogP contribution in [0.2, 0.25) is 0 Å². The van der Waals surface area contributed by atoms with Crippen molar-refractivity contribution in [1.29, 1.82) is 0 Å². The zero-order valence-corrected chi connectivity index (χ0v) is 9.85. The van der Waals surface area contributed by atoms with Crippen molar-refractivity contribution < 1.29 is 0 Å². The second-order valence-electron chi connectivity index (χ2n) is 3.85. The minimum Gasteiger partial charge on any atom is -0.340 e. The molecule has 0 aliphatic carbocycles. The van der Waals surface area contributed by atoms with E-state index in [1.165, 1.54) is 5.56 Å². The van der Waals surface area contributed by atoms with E-state index < -0.39 is 0 Å². The fourth-order valence-corrected chi connectivity index (χ4v) is 1.60. The number of hydrogen-bond donors (Lipinski definition) is 2. The predicted octanol–water partition coefficient (Wildman–Crippen LogP) is 2.03. The molecule has 0 radical (unpaired) electrons. The molecule has 17 heavy (non-hydrogen) atoms. The summed E-state index contributed by atoms with van der Waals surface area (Å²) in [5.74, 6) is 1.57. The van der Waals surface area contributed by atoms with E-state index in [1.54, 1.807) is 6.20 Å². The molecule has 88 valence electrons. The van der Waals surface area contributed by atoms with Crippen LogP contribution in [0.4, 0.5) is 11.5 Å². The van der Waals surface area contributed by atoms with E-state index in [2.05, 4.69) is 27.4 Å². The topological polar surface area (TPSA) is 63.8 Å². The minimum absolute atomic E-state index is 0.678. The maximum absolute atomic E-state index is 5.51. The fourth-order valence-electron chi connectivity index (χ4n) is 1.60. The summed E-state index contributed by atoms with van der Waals surface area (Å²) >= 11 is 0. The first-order valence-corrected chi connectivity index (χ1v) is 5.63. The Hall–Kier alpha value is -1.94. The van der Waals surface area contributed by atoms with E-state index >= 15 is 0 Å². The number of rotatable bonds is 4. The largest absolute Gasteiger partial charge is 0.340 e. The summed E-state index contributed by atoms with van der Waals surface area (Å²) in [6, 6.07) is 10.1. The van der Waals surface area contributed by atoms with Gasteiger partial charge in [0.05, 0.1) is 0 Å². The molecule has 0 atom stereocenters. The van der Waals surface area contributed by atoms with E-state index in [4.69, 9.17) is 5.73 Å². The quantitative estimate of drug-likeness (QED) is 0.840. The Balaban J connectivity index is 2.08. The van der Waals surface area contributed by atoms with Crippen LogP contribution in [0.25, 0.3) is 0 Å². The molecular formula is C13H16N4. The van der Waals surface area contributed by atoms with Crippen molar-refractivity contribution in [3.05, 3.63) is 47.9 Å². The van der Waals surface area contributed by atoms with Crippen LogP contribution in [0.3, 0.4) is 0 Å². The third-order valence-electron chi connectivity index (χ3n) is 2.44. The van der Waals surface area contributed by atoms with Gasteiger partial charge in [0, 0.05) is 11.9 Å². The van der Waals surface area contributed by atoms with E-state index in [9.17, 15) is 0 Å². The van der Waals surface area contributed by atoms with E-state index in [-0.39, 0.29) is 0 Å². The highest BCUT2D eigenvalue weighted by Gasteiger charge is 1.97. The van der Waals surface area contributed by atoms with Crippen LogP contribution >= 0.6 is 0 Å². The summed E-state index contributed by atoms with van der Waals surface area (Å²) in [7, 11) is 0. The number of benzene rings is 1. The molecule has 1 heterocycles. The van der Waals surface area contributed by atoms with Gasteiger partial charge >= 0.3 is 0 Å². The number of aryl methyl sites for hydroxylation is 1. The average Bonchev–Trinajstić information content (AvgIpc) is 2.32. The summed E-state index contributed by atoms with van der Waals surface area (Å²) in [6.07, 6.45) is 2.65. The van der Waals surface area contributed by atoms with Gasteiger partial charge in [-0.2, -0.15) is 0 Å². The Morgan fingerprint density at radius 2 is 1.94 bits per heavy atom. The van der Waals surface area contributed by atoms with Gasteiger partial charge in [-0.3, -0.25) is 0 Å². The number of nitrogens with zero attached hydrogens (tertiary/aromatic N) is 2. The number of anilines is 2. The van der Waals surface area contributed by atoms with Gasteiger partial charge in [0.15, 0.2) is 0 Å². The molecule has 0 unspecified atom stereocenters. The summed E-state index contributed by atoms with van der Waals surface area (Å²) in [5, 5.41) is 3.23. The lowest BCUT2D eigenvalue weighted by molar-refractivity contribution is 0.969. The van der Waals surface area contributed by atoms with E-state index in [0.29, 0.717) is 6.54 Å². The molecule has 1 aromatic carbocycles. The molecular weight excluding hydrogens is 212 g/mol. The van der Waals surface area contributed by atoms with Gasteiger partial charge in [-0.25, -0.2) is 9.97 Å². The Labute approximate surface area is 101 Å². The van der Waals surface area contributed by atoms with Crippen molar-refractivity contribution in [2.24, 2.45) is 5.73 Å². The van der Waals surface area contributed by atoms with Gasteiger partial charge in [-0.1, -0.05) is 12.1 Å². The molecule has 0 amide bonds. The number of aromatic nitrogens is 2. The van der Waals surface area contributed by atoms with Crippen molar-refractivity contribution in [1.82, 2.24) is 9.97 Å². The lowest BCUT2D eigenvalue weighted by Crippen LogP contribution is -2.02. The Kier molecular flexibility index (Phi) is 3.67. The maximum atomic E-state index is 5.51. The third kappa shape index (κ3) is 3.26. The molecule has 2 rings (SSSR count). The van der Waals surface area contributed by atoms with Gasteiger partial charge in [0.25, 0.3) is 0 Å². The smallest absolute Gasteiger partial charge is 0.134 e. The van der Waals surface area contributed by atoms with Crippen LogP contribution in [0.5, 0.6) is 0 Å². The first-order chi connectivity index (χ1) is 8.28. The molecule has 4 heteroatoms. The minimum atomic E-state index is 0.678. The normalized spacial score (nSPS) is 10.2. The van der Waals surface area contributed by atoms with Crippen molar-refractivity contribution in [2.75, 3.05) is 11.9 Å². The van der Waals surface area contributed by atoms with E-state index in [1.807, 2.05) is 25.1 Å². The van der Waals surface area contributed by atoms with E-state index in [0.717, 1.165) is 23.8 Å². The molecule has 0 aliphatic heterocycles. The first kappa shape index (κ1) is 11.5. The molecule has 4 nitrogen and oxygen atoms in total. The van der Waals surface area contributed by atoms with Crippen LogP contribution in [0, 0.1) is 6.92 Å². The van der Waals surface area contributed by atoms with Gasteiger partial charge < -0.3 is 11.1 Å². The molecule has 2 aromatic rings.